The highest BCUT2D eigenvalue weighted by Crippen LogP contribution is 2.32. The smallest absolute Gasteiger partial charge is 0.338 e. The highest BCUT2D eigenvalue weighted by atomic mass is 16.5. The minimum Gasteiger partial charge on any atom is -0.465 e. The van der Waals surface area contributed by atoms with E-state index >= 15 is 0 Å². The normalized spacial score (nSPS) is 15.1. The van der Waals surface area contributed by atoms with Gasteiger partial charge in [0.1, 0.15) is 0 Å². The third-order valence-corrected chi connectivity index (χ3v) is 5.97. The van der Waals surface area contributed by atoms with Gasteiger partial charge in [0.2, 0.25) is 0 Å². The van der Waals surface area contributed by atoms with Crippen molar-refractivity contribution in [3.05, 3.63) is 89.5 Å². The van der Waals surface area contributed by atoms with Gasteiger partial charge >= 0.3 is 5.97 Å². The van der Waals surface area contributed by atoms with E-state index in [1.165, 1.54) is 7.11 Å². The van der Waals surface area contributed by atoms with E-state index in [2.05, 4.69) is 35.7 Å². The molecular formula is C27H31N5O2. The van der Waals surface area contributed by atoms with Crippen LogP contribution < -0.4 is 10.3 Å². The first-order chi connectivity index (χ1) is 16.6. The lowest BCUT2D eigenvalue weighted by Gasteiger charge is -2.29. The highest BCUT2D eigenvalue weighted by Gasteiger charge is 2.30. The number of carbonyl (C=O) groups excluding carboxylic acids is 1. The second-order valence-electron chi connectivity index (χ2n) is 8.28. The third-order valence-electron chi connectivity index (χ3n) is 5.97. The number of nitrogens with zero attached hydrogens (tertiary/aromatic N) is 4. The van der Waals surface area contributed by atoms with Crippen LogP contribution in [0.25, 0.3) is 11.1 Å². The molecule has 0 amide bonds. The Morgan fingerprint density at radius 1 is 1.00 bits per heavy atom. The second-order valence-corrected chi connectivity index (χ2v) is 8.28. The summed E-state index contributed by atoms with van der Waals surface area (Å²) in [6.07, 6.45) is 1.86. The molecule has 7 heteroatoms. The molecule has 34 heavy (non-hydrogen) atoms. The SMILES string of the molecule is CCCCN1N=NN(c2ccccc2)C1NCc1cccc(C(=O)OC)c1-c1ccccc1C. The first kappa shape index (κ1) is 23.4. The number of para-hydroxylation sites is 1. The quantitative estimate of drug-likeness (QED) is 0.416. The Kier molecular flexibility index (Phi) is 7.54. The summed E-state index contributed by atoms with van der Waals surface area (Å²) in [4.78, 5) is 12.6. The summed E-state index contributed by atoms with van der Waals surface area (Å²) in [5.41, 5.74) is 5.53. The summed E-state index contributed by atoms with van der Waals surface area (Å²) in [7, 11) is 1.42. The Balaban J connectivity index is 1.67. The molecule has 0 saturated heterocycles. The number of aryl methyl sites for hydroxylation is 1. The number of esters is 1. The molecule has 3 aromatic carbocycles. The molecule has 0 aromatic heterocycles. The van der Waals surface area contributed by atoms with E-state index in [9.17, 15) is 4.79 Å². The van der Waals surface area contributed by atoms with Crippen LogP contribution in [-0.2, 0) is 11.3 Å². The Labute approximate surface area is 201 Å². The van der Waals surface area contributed by atoms with E-state index in [0.29, 0.717) is 12.1 Å². The zero-order valence-corrected chi connectivity index (χ0v) is 19.9. The van der Waals surface area contributed by atoms with E-state index in [1.807, 2.05) is 76.7 Å². The number of hydrogen-bond donors (Lipinski definition) is 1. The summed E-state index contributed by atoms with van der Waals surface area (Å²) in [5.74, 6) is -0.346. The largest absolute Gasteiger partial charge is 0.465 e. The van der Waals surface area contributed by atoms with Crippen molar-refractivity contribution >= 4 is 11.7 Å². The Bertz CT molecular complexity index is 1150. The molecule has 3 aromatic rings. The molecule has 7 nitrogen and oxygen atoms in total. The van der Waals surface area contributed by atoms with Gasteiger partial charge in [-0.1, -0.05) is 67.9 Å². The maximum absolute atomic E-state index is 12.6. The van der Waals surface area contributed by atoms with Crippen LogP contribution in [-0.4, -0.2) is 30.9 Å². The maximum atomic E-state index is 12.6. The topological polar surface area (TPSA) is 69.5 Å². The number of ether oxygens (including phenoxy) is 1. The lowest BCUT2D eigenvalue weighted by atomic mass is 9.91. The number of hydrogen-bond acceptors (Lipinski definition) is 7. The molecular weight excluding hydrogens is 426 g/mol. The summed E-state index contributed by atoms with van der Waals surface area (Å²) in [5, 5.41) is 16.4. The first-order valence-electron chi connectivity index (χ1n) is 11.7. The van der Waals surface area contributed by atoms with Crippen molar-refractivity contribution in [1.82, 2.24) is 10.3 Å². The molecule has 0 saturated carbocycles. The standard InChI is InChI=1S/C27H31N5O2/c1-4-5-18-31-27(32(30-29-31)22-14-7-6-8-15-22)28-19-21-13-11-17-24(26(33)34-3)25(21)23-16-10-9-12-20(23)2/h6-17,27-28H,4-5,18-19H2,1-3H3. The molecule has 1 unspecified atom stereocenters. The van der Waals surface area contributed by atoms with E-state index in [1.54, 1.807) is 0 Å². The minimum atomic E-state index is -0.346. The first-order valence-corrected chi connectivity index (χ1v) is 11.7. The number of anilines is 1. The van der Waals surface area contributed by atoms with Crippen molar-refractivity contribution in [2.45, 2.75) is 39.5 Å². The van der Waals surface area contributed by atoms with Gasteiger partial charge in [-0.25, -0.2) is 14.8 Å². The predicted molar refractivity (Wildman–Crippen MR) is 134 cm³/mol. The molecule has 1 heterocycles. The van der Waals surface area contributed by atoms with Crippen molar-refractivity contribution in [2.24, 2.45) is 10.4 Å². The molecule has 1 N–H and O–H groups in total. The Morgan fingerprint density at radius 3 is 2.50 bits per heavy atom. The fraction of sp³-hybridized carbons (Fsp3) is 0.296. The van der Waals surface area contributed by atoms with Gasteiger partial charge in [-0.3, -0.25) is 5.32 Å². The molecule has 176 valence electrons. The Hall–Kier alpha value is -3.71. The highest BCUT2D eigenvalue weighted by molar-refractivity contribution is 5.98. The van der Waals surface area contributed by atoms with Gasteiger partial charge in [-0.15, -0.1) is 0 Å². The van der Waals surface area contributed by atoms with Gasteiger partial charge in [-0.2, -0.15) is 0 Å². The summed E-state index contributed by atoms with van der Waals surface area (Å²) < 4.78 is 5.10. The average molecular weight is 458 g/mol. The van der Waals surface area contributed by atoms with Crippen LogP contribution in [0, 0.1) is 6.92 Å². The van der Waals surface area contributed by atoms with Crippen LogP contribution in [0.2, 0.25) is 0 Å². The molecule has 1 aliphatic heterocycles. The van der Waals surface area contributed by atoms with Crippen molar-refractivity contribution in [3.63, 3.8) is 0 Å². The van der Waals surface area contributed by atoms with Crippen LogP contribution >= 0.6 is 0 Å². The summed E-state index contributed by atoms with van der Waals surface area (Å²) in [6, 6.07) is 23.9. The number of methoxy groups -OCH3 is 1. The minimum absolute atomic E-state index is 0.236. The molecule has 1 atom stereocenters. The van der Waals surface area contributed by atoms with Gasteiger partial charge in [0, 0.05) is 18.7 Å². The number of rotatable bonds is 9. The van der Waals surface area contributed by atoms with Crippen molar-refractivity contribution in [2.75, 3.05) is 18.7 Å². The van der Waals surface area contributed by atoms with Gasteiger partial charge in [0.25, 0.3) is 0 Å². The number of benzene rings is 3. The fourth-order valence-electron chi connectivity index (χ4n) is 4.17. The maximum Gasteiger partial charge on any atom is 0.338 e. The average Bonchev–Trinajstić information content (AvgIpc) is 3.29. The van der Waals surface area contributed by atoms with E-state index in [-0.39, 0.29) is 12.3 Å². The van der Waals surface area contributed by atoms with Gasteiger partial charge in [-0.05, 0) is 58.7 Å². The number of nitrogens with one attached hydrogen (secondary N) is 1. The Morgan fingerprint density at radius 2 is 1.76 bits per heavy atom. The van der Waals surface area contributed by atoms with Gasteiger partial charge in [0.15, 0.2) is 6.29 Å². The molecule has 0 radical (unpaired) electrons. The van der Waals surface area contributed by atoms with E-state index < -0.39 is 0 Å². The third kappa shape index (κ3) is 4.94. The van der Waals surface area contributed by atoms with Crippen molar-refractivity contribution in [3.8, 4) is 11.1 Å². The molecule has 0 fully saturated rings. The van der Waals surface area contributed by atoms with Crippen LogP contribution in [0.15, 0.2) is 83.2 Å². The van der Waals surface area contributed by atoms with Gasteiger partial charge < -0.3 is 4.74 Å². The van der Waals surface area contributed by atoms with E-state index in [4.69, 9.17) is 4.74 Å². The second kappa shape index (κ2) is 10.9. The summed E-state index contributed by atoms with van der Waals surface area (Å²) >= 11 is 0. The van der Waals surface area contributed by atoms with Crippen LogP contribution in [0.5, 0.6) is 0 Å². The van der Waals surface area contributed by atoms with Gasteiger partial charge in [0.05, 0.1) is 18.4 Å². The molecule has 0 aliphatic carbocycles. The monoisotopic (exact) mass is 457 g/mol. The van der Waals surface area contributed by atoms with Crippen molar-refractivity contribution < 1.29 is 9.53 Å². The molecule has 1 aliphatic rings. The zero-order chi connectivity index (χ0) is 23.9. The van der Waals surface area contributed by atoms with Crippen LogP contribution in [0.4, 0.5) is 5.69 Å². The molecule has 0 bridgehead atoms. The number of unbranched alkanes of at least 4 members (excludes halogenated alkanes) is 1. The molecule has 4 rings (SSSR count). The zero-order valence-electron chi connectivity index (χ0n) is 19.9. The van der Waals surface area contributed by atoms with E-state index in [0.717, 1.165) is 47.3 Å². The summed E-state index contributed by atoms with van der Waals surface area (Å²) in [6.45, 7) is 5.54. The lowest BCUT2D eigenvalue weighted by Crippen LogP contribution is -2.49. The number of carbonyl (C=O) groups is 1. The fourth-order valence-corrected chi connectivity index (χ4v) is 4.17. The van der Waals surface area contributed by atoms with Crippen LogP contribution in [0.1, 0.15) is 41.3 Å². The van der Waals surface area contributed by atoms with Crippen molar-refractivity contribution in [1.29, 1.82) is 0 Å². The lowest BCUT2D eigenvalue weighted by molar-refractivity contribution is 0.0601. The predicted octanol–water partition coefficient (Wildman–Crippen LogP) is 5.73. The van der Waals surface area contributed by atoms with Crippen LogP contribution in [0.3, 0.4) is 0 Å². The molecule has 0 spiro atoms.